The summed E-state index contributed by atoms with van der Waals surface area (Å²) in [6, 6.07) is 20.9. The summed E-state index contributed by atoms with van der Waals surface area (Å²) in [5.74, 6) is 3.19. The number of allylic oxidation sites excluding steroid dienone is 1. The van der Waals surface area contributed by atoms with Gasteiger partial charge in [-0.05, 0) is 86.6 Å². The maximum atomic E-state index is 10.2. The fraction of sp³-hybridized carbons (Fsp3) is 0.367. The fourth-order valence-corrected chi connectivity index (χ4v) is 7.71. The first kappa shape index (κ1) is 20.7. The summed E-state index contributed by atoms with van der Waals surface area (Å²) in [5.41, 5.74) is 5.97. The molecule has 0 unspecified atom stereocenters. The monoisotopic (exact) mass is 459 g/mol. The van der Waals surface area contributed by atoms with Gasteiger partial charge in [-0.2, -0.15) is 10.4 Å². The summed E-state index contributed by atoms with van der Waals surface area (Å²) in [6.45, 7) is 0. The van der Waals surface area contributed by atoms with Gasteiger partial charge in [-0.15, -0.1) is 0 Å². The van der Waals surface area contributed by atoms with Gasteiger partial charge in [-0.3, -0.25) is 0 Å². The van der Waals surface area contributed by atoms with Crippen molar-refractivity contribution >= 4 is 22.7 Å². The smallest absolute Gasteiger partial charge is 0.151 e. The molecule has 0 radical (unpaired) electrons. The largest absolute Gasteiger partial charge is 0.327 e. The van der Waals surface area contributed by atoms with Gasteiger partial charge in [0.25, 0.3) is 0 Å². The van der Waals surface area contributed by atoms with E-state index in [1.807, 2.05) is 46.6 Å². The summed E-state index contributed by atoms with van der Waals surface area (Å²) in [7, 11) is 1.99. The molecule has 0 aliphatic heterocycles. The number of hydrogen-bond acceptors (Lipinski definition) is 3. The third kappa shape index (κ3) is 3.27. The second-order valence-corrected chi connectivity index (χ2v) is 11.1. The number of fused-ring (bicyclic) bond motifs is 1. The lowest BCUT2D eigenvalue weighted by Crippen LogP contribution is -2.49. The average Bonchev–Trinajstić information content (AvgIpc) is 3.44. The van der Waals surface area contributed by atoms with Crippen LogP contribution in [0, 0.1) is 29.1 Å². The molecule has 4 aromatic rings. The SMILES string of the molecule is Cn1c(C(C#N)=Cc2cn(-c3ccccc3)nc2C23CC4CC(CC(C4)C2)C3)nc2ccccc21. The van der Waals surface area contributed by atoms with Gasteiger partial charge >= 0.3 is 0 Å². The van der Waals surface area contributed by atoms with Crippen LogP contribution in [0.1, 0.15) is 55.6 Å². The van der Waals surface area contributed by atoms with E-state index in [4.69, 9.17) is 10.1 Å². The molecule has 2 aromatic carbocycles. The average molecular weight is 460 g/mol. The van der Waals surface area contributed by atoms with Crippen LogP contribution in [0.2, 0.25) is 0 Å². The minimum Gasteiger partial charge on any atom is -0.327 e. The number of nitrogens with zero attached hydrogens (tertiary/aromatic N) is 5. The molecule has 0 amide bonds. The predicted octanol–water partition coefficient (Wildman–Crippen LogP) is 6.29. The molecule has 4 saturated carbocycles. The van der Waals surface area contributed by atoms with Gasteiger partial charge in [0.2, 0.25) is 0 Å². The summed E-state index contributed by atoms with van der Waals surface area (Å²) in [6.07, 6.45) is 12.1. The Kier molecular flexibility index (Phi) is 4.54. The number of aromatic nitrogens is 4. The molecular weight excluding hydrogens is 430 g/mol. The Balaban J connectivity index is 1.40. The van der Waals surface area contributed by atoms with Crippen molar-refractivity contribution in [2.24, 2.45) is 24.8 Å². The summed E-state index contributed by atoms with van der Waals surface area (Å²) in [4.78, 5) is 4.81. The molecule has 5 heteroatoms. The van der Waals surface area contributed by atoms with Crippen molar-refractivity contribution in [3.63, 3.8) is 0 Å². The van der Waals surface area contributed by atoms with Crippen LogP contribution in [0.3, 0.4) is 0 Å². The zero-order valence-corrected chi connectivity index (χ0v) is 20.1. The molecule has 174 valence electrons. The van der Waals surface area contributed by atoms with E-state index in [-0.39, 0.29) is 5.41 Å². The second-order valence-electron chi connectivity index (χ2n) is 11.1. The highest BCUT2D eigenvalue weighted by Gasteiger charge is 2.53. The molecule has 0 spiro atoms. The van der Waals surface area contributed by atoms with Crippen molar-refractivity contribution in [2.75, 3.05) is 0 Å². The molecule has 4 fully saturated rings. The molecule has 5 nitrogen and oxygen atoms in total. The number of nitriles is 1. The number of benzene rings is 2. The Bertz CT molecular complexity index is 1460. The molecule has 8 rings (SSSR count). The molecule has 2 aromatic heterocycles. The molecule has 4 aliphatic rings. The second kappa shape index (κ2) is 7.68. The normalized spacial score (nSPS) is 27.4. The Morgan fingerprint density at radius 3 is 2.29 bits per heavy atom. The first-order valence-electron chi connectivity index (χ1n) is 12.8. The quantitative estimate of drug-likeness (QED) is 0.337. The zero-order valence-electron chi connectivity index (χ0n) is 20.1. The van der Waals surface area contributed by atoms with Crippen molar-refractivity contribution in [3.05, 3.63) is 77.9 Å². The van der Waals surface area contributed by atoms with Crippen LogP contribution < -0.4 is 0 Å². The predicted molar refractivity (Wildman–Crippen MR) is 138 cm³/mol. The number of aryl methyl sites for hydroxylation is 1. The van der Waals surface area contributed by atoms with Gasteiger partial charge < -0.3 is 4.57 Å². The number of hydrogen-bond donors (Lipinski definition) is 0. The Hall–Kier alpha value is -3.65. The van der Waals surface area contributed by atoms with Crippen molar-refractivity contribution in [1.29, 1.82) is 5.26 Å². The molecule has 2 heterocycles. The molecule has 4 bridgehead atoms. The van der Waals surface area contributed by atoms with E-state index in [1.165, 1.54) is 44.2 Å². The lowest BCUT2D eigenvalue weighted by Gasteiger charge is -2.56. The third-order valence-electron chi connectivity index (χ3n) is 8.75. The highest BCUT2D eigenvalue weighted by Crippen LogP contribution is 2.61. The minimum atomic E-state index is 0.132. The van der Waals surface area contributed by atoms with E-state index in [1.54, 1.807) is 0 Å². The van der Waals surface area contributed by atoms with Crippen LogP contribution in [0.25, 0.3) is 28.4 Å². The van der Waals surface area contributed by atoms with E-state index in [2.05, 4.69) is 42.6 Å². The van der Waals surface area contributed by atoms with E-state index < -0.39 is 0 Å². The maximum Gasteiger partial charge on any atom is 0.151 e. The van der Waals surface area contributed by atoms with Gasteiger partial charge in [-0.1, -0.05) is 30.3 Å². The number of para-hydroxylation sites is 3. The van der Waals surface area contributed by atoms with Gasteiger partial charge in [0.15, 0.2) is 5.82 Å². The molecule has 0 saturated heterocycles. The first-order valence-corrected chi connectivity index (χ1v) is 12.8. The molecule has 35 heavy (non-hydrogen) atoms. The van der Waals surface area contributed by atoms with Crippen molar-refractivity contribution in [2.45, 2.75) is 43.9 Å². The van der Waals surface area contributed by atoms with Crippen LogP contribution in [-0.2, 0) is 12.5 Å². The van der Waals surface area contributed by atoms with Gasteiger partial charge in [-0.25, -0.2) is 9.67 Å². The number of rotatable bonds is 4. The molecule has 4 aliphatic carbocycles. The van der Waals surface area contributed by atoms with Gasteiger partial charge in [0.05, 0.1) is 28.0 Å². The molecule has 0 atom stereocenters. The Morgan fingerprint density at radius 1 is 0.971 bits per heavy atom. The maximum absolute atomic E-state index is 10.2. The van der Waals surface area contributed by atoms with E-state index >= 15 is 0 Å². The highest BCUT2D eigenvalue weighted by atomic mass is 15.3. The highest BCUT2D eigenvalue weighted by molar-refractivity contribution is 5.91. The van der Waals surface area contributed by atoms with Crippen LogP contribution >= 0.6 is 0 Å². The van der Waals surface area contributed by atoms with Crippen LogP contribution in [0.15, 0.2) is 60.8 Å². The Labute approximate surface area is 205 Å². The van der Waals surface area contributed by atoms with E-state index in [9.17, 15) is 5.26 Å². The van der Waals surface area contributed by atoms with Gasteiger partial charge in [0.1, 0.15) is 6.07 Å². The third-order valence-corrected chi connectivity index (χ3v) is 8.75. The van der Waals surface area contributed by atoms with Crippen molar-refractivity contribution < 1.29 is 0 Å². The topological polar surface area (TPSA) is 59.4 Å². The molecular formula is C30H29N5. The first-order chi connectivity index (χ1) is 17.1. The summed E-state index contributed by atoms with van der Waals surface area (Å²) in [5, 5.41) is 15.5. The fourth-order valence-electron chi connectivity index (χ4n) is 7.71. The zero-order chi connectivity index (χ0) is 23.6. The summed E-state index contributed by atoms with van der Waals surface area (Å²) >= 11 is 0. The van der Waals surface area contributed by atoms with Crippen molar-refractivity contribution in [1.82, 2.24) is 19.3 Å². The molecule has 0 N–H and O–H groups in total. The van der Waals surface area contributed by atoms with E-state index in [0.717, 1.165) is 40.0 Å². The standard InChI is InChI=1S/C30H29N5/c1-34-27-10-6-5-9-26(27)32-29(34)23(18-31)14-24-19-35(25-7-3-2-4-8-25)33-28(24)30-15-20-11-21(16-30)13-22(12-20)17-30/h2-10,14,19-22H,11-13,15-17H2,1H3. The van der Waals surface area contributed by atoms with Crippen LogP contribution in [0.4, 0.5) is 0 Å². The number of imidazole rings is 1. The van der Waals surface area contributed by atoms with E-state index in [0.29, 0.717) is 11.4 Å². The summed E-state index contributed by atoms with van der Waals surface area (Å²) < 4.78 is 4.04. The van der Waals surface area contributed by atoms with Crippen LogP contribution in [-0.4, -0.2) is 19.3 Å². The lowest BCUT2D eigenvalue weighted by molar-refractivity contribution is -0.00742. The van der Waals surface area contributed by atoms with Crippen molar-refractivity contribution in [3.8, 4) is 11.8 Å². The van der Waals surface area contributed by atoms with Crippen LogP contribution in [0.5, 0.6) is 0 Å². The lowest BCUT2D eigenvalue weighted by atomic mass is 9.48. The Morgan fingerprint density at radius 2 is 1.63 bits per heavy atom. The van der Waals surface area contributed by atoms with Gasteiger partial charge in [0, 0.05) is 24.2 Å². The minimum absolute atomic E-state index is 0.132.